The number of hydrogen-bond donors (Lipinski definition) is 1. The van der Waals surface area contributed by atoms with Gasteiger partial charge in [-0.05, 0) is 13.3 Å². The molecule has 0 aromatic heterocycles. The maximum absolute atomic E-state index is 11.2. The summed E-state index contributed by atoms with van der Waals surface area (Å²) in [5.74, 6) is -0.310. The maximum Gasteiger partial charge on any atom is 0.211 e. The summed E-state index contributed by atoms with van der Waals surface area (Å²) >= 11 is 0. The van der Waals surface area contributed by atoms with Crippen LogP contribution in [0.2, 0.25) is 0 Å². The van der Waals surface area contributed by atoms with Crippen LogP contribution in [0.25, 0.3) is 0 Å². The summed E-state index contributed by atoms with van der Waals surface area (Å²) in [6.07, 6.45) is 0.519. The molecule has 5 nitrogen and oxygen atoms in total. The van der Waals surface area contributed by atoms with E-state index in [1.165, 1.54) is 6.92 Å². The van der Waals surface area contributed by atoms with Crippen molar-refractivity contribution in [3.8, 4) is 0 Å². The molecule has 1 unspecified atom stereocenters. The molecule has 0 aromatic rings. The predicted molar refractivity (Wildman–Crippen MR) is 46.6 cm³/mol. The zero-order valence-electron chi connectivity index (χ0n) is 7.60. The molecule has 0 aliphatic carbocycles. The van der Waals surface area contributed by atoms with E-state index < -0.39 is 22.2 Å². The minimum Gasteiger partial charge on any atom is -0.391 e. The summed E-state index contributed by atoms with van der Waals surface area (Å²) in [6.45, 7) is 1.52. The fourth-order valence-electron chi connectivity index (χ4n) is 1.59. The summed E-state index contributed by atoms with van der Waals surface area (Å²) < 4.78 is 23.4. The van der Waals surface area contributed by atoms with Gasteiger partial charge in [0.05, 0.1) is 12.4 Å². The van der Waals surface area contributed by atoms with Crippen LogP contribution in [0.1, 0.15) is 13.3 Å². The van der Waals surface area contributed by atoms with Crippen LogP contribution in [0.5, 0.6) is 0 Å². The van der Waals surface area contributed by atoms with E-state index in [0.29, 0.717) is 6.42 Å². The zero-order valence-corrected chi connectivity index (χ0v) is 8.41. The van der Waals surface area contributed by atoms with Crippen molar-refractivity contribution in [2.45, 2.75) is 25.5 Å². The highest BCUT2D eigenvalue weighted by atomic mass is 32.2. The Hall–Kier alpha value is -0.460. The fourth-order valence-corrected chi connectivity index (χ4v) is 2.73. The van der Waals surface area contributed by atoms with Crippen LogP contribution in [-0.4, -0.2) is 48.6 Å². The van der Waals surface area contributed by atoms with Gasteiger partial charge in [-0.1, -0.05) is 0 Å². The van der Waals surface area contributed by atoms with E-state index >= 15 is 0 Å². The number of hydrogen-bond acceptors (Lipinski definition) is 4. The third-order valence-electron chi connectivity index (χ3n) is 2.16. The lowest BCUT2D eigenvalue weighted by Gasteiger charge is -2.21. The van der Waals surface area contributed by atoms with Gasteiger partial charge in [0.2, 0.25) is 10.0 Å². The number of ketones is 1. The highest BCUT2D eigenvalue weighted by Gasteiger charge is 2.40. The Bertz CT molecular complexity index is 310. The fraction of sp³-hybridized carbons (Fsp3) is 0.857. The van der Waals surface area contributed by atoms with Gasteiger partial charge in [0.25, 0.3) is 0 Å². The van der Waals surface area contributed by atoms with Crippen molar-refractivity contribution in [2.24, 2.45) is 0 Å². The SMILES string of the molecule is CC(=O)[C@@H]1C(O)CCN1S(C)(=O)=O. The van der Waals surface area contributed by atoms with E-state index in [1.807, 2.05) is 0 Å². The van der Waals surface area contributed by atoms with Crippen molar-refractivity contribution in [3.63, 3.8) is 0 Å². The molecular weight excluding hydrogens is 194 g/mol. The summed E-state index contributed by atoms with van der Waals surface area (Å²) in [7, 11) is -3.38. The first-order chi connectivity index (χ1) is 5.84. The van der Waals surface area contributed by atoms with Crippen LogP contribution >= 0.6 is 0 Å². The molecule has 0 bridgehead atoms. The van der Waals surface area contributed by atoms with Crippen LogP contribution in [0, 0.1) is 0 Å². The summed E-state index contributed by atoms with van der Waals surface area (Å²) in [6, 6.07) is -0.880. The molecule has 0 aromatic carbocycles. The van der Waals surface area contributed by atoms with E-state index in [0.717, 1.165) is 10.6 Å². The first-order valence-electron chi connectivity index (χ1n) is 3.99. The smallest absolute Gasteiger partial charge is 0.211 e. The minimum atomic E-state index is -3.38. The molecule has 13 heavy (non-hydrogen) atoms. The number of rotatable bonds is 2. The molecule has 1 aliphatic rings. The second-order valence-electron chi connectivity index (χ2n) is 3.29. The van der Waals surface area contributed by atoms with Crippen molar-refractivity contribution in [3.05, 3.63) is 0 Å². The quantitative estimate of drug-likeness (QED) is 0.628. The largest absolute Gasteiger partial charge is 0.391 e. The van der Waals surface area contributed by atoms with Gasteiger partial charge in [-0.2, -0.15) is 4.31 Å². The van der Waals surface area contributed by atoms with E-state index in [-0.39, 0.29) is 12.3 Å². The van der Waals surface area contributed by atoms with Crippen LogP contribution in [0.3, 0.4) is 0 Å². The molecule has 0 spiro atoms. The first kappa shape index (κ1) is 10.6. The van der Waals surface area contributed by atoms with E-state index in [1.54, 1.807) is 0 Å². The van der Waals surface area contributed by atoms with Gasteiger partial charge in [0.15, 0.2) is 5.78 Å². The monoisotopic (exact) mass is 207 g/mol. The Labute approximate surface area is 77.4 Å². The third kappa shape index (κ3) is 2.07. The van der Waals surface area contributed by atoms with Gasteiger partial charge in [-0.3, -0.25) is 4.79 Å². The highest BCUT2D eigenvalue weighted by molar-refractivity contribution is 7.88. The molecule has 1 heterocycles. The van der Waals surface area contributed by atoms with Crippen molar-refractivity contribution in [1.29, 1.82) is 0 Å². The van der Waals surface area contributed by atoms with Crippen LogP contribution < -0.4 is 0 Å². The van der Waals surface area contributed by atoms with Crippen molar-refractivity contribution in [2.75, 3.05) is 12.8 Å². The first-order valence-corrected chi connectivity index (χ1v) is 5.84. The van der Waals surface area contributed by atoms with Crippen molar-refractivity contribution in [1.82, 2.24) is 4.31 Å². The molecule has 1 rings (SSSR count). The third-order valence-corrected chi connectivity index (χ3v) is 3.42. The Balaban J connectivity index is 2.95. The topological polar surface area (TPSA) is 74.7 Å². The highest BCUT2D eigenvalue weighted by Crippen LogP contribution is 2.21. The Morgan fingerprint density at radius 1 is 1.54 bits per heavy atom. The Kier molecular flexibility index (Phi) is 2.74. The number of aliphatic hydroxyl groups excluding tert-OH is 1. The second-order valence-corrected chi connectivity index (χ2v) is 5.22. The van der Waals surface area contributed by atoms with Crippen LogP contribution in [0.4, 0.5) is 0 Å². The normalized spacial score (nSPS) is 30.7. The standard InChI is InChI=1S/C7H13NO4S/c1-5(9)7-6(10)3-4-8(7)13(2,11)12/h6-7,10H,3-4H2,1-2H3/t6?,7-/m1/s1. The molecule has 1 fully saturated rings. The molecule has 6 heteroatoms. The van der Waals surface area contributed by atoms with Gasteiger partial charge >= 0.3 is 0 Å². The number of Topliss-reactive ketones (excluding diaryl/α,β-unsaturated/α-hetero) is 1. The molecule has 0 amide bonds. The molecular formula is C7H13NO4S. The summed E-state index contributed by atoms with van der Waals surface area (Å²) in [4.78, 5) is 11.0. The van der Waals surface area contributed by atoms with E-state index in [4.69, 9.17) is 0 Å². The van der Waals surface area contributed by atoms with Crippen molar-refractivity contribution < 1.29 is 18.3 Å². The lowest BCUT2D eigenvalue weighted by atomic mass is 10.1. The minimum absolute atomic E-state index is 0.226. The average molecular weight is 207 g/mol. The zero-order chi connectivity index (χ0) is 10.2. The van der Waals surface area contributed by atoms with Crippen molar-refractivity contribution >= 4 is 15.8 Å². The average Bonchev–Trinajstić information content (AvgIpc) is 2.28. The van der Waals surface area contributed by atoms with Gasteiger partial charge in [-0.15, -0.1) is 0 Å². The van der Waals surface area contributed by atoms with Crippen LogP contribution in [-0.2, 0) is 14.8 Å². The molecule has 2 atom stereocenters. The lowest BCUT2D eigenvalue weighted by molar-refractivity contribution is -0.122. The van der Waals surface area contributed by atoms with Crippen LogP contribution in [0.15, 0.2) is 0 Å². The number of sulfonamides is 1. The Morgan fingerprint density at radius 3 is 2.38 bits per heavy atom. The van der Waals surface area contributed by atoms with Gasteiger partial charge in [0.1, 0.15) is 6.04 Å². The summed E-state index contributed by atoms with van der Waals surface area (Å²) in [5.41, 5.74) is 0. The second kappa shape index (κ2) is 3.36. The molecule has 0 radical (unpaired) electrons. The van der Waals surface area contributed by atoms with Gasteiger partial charge in [-0.25, -0.2) is 8.42 Å². The lowest BCUT2D eigenvalue weighted by Crippen LogP contribution is -2.43. The summed E-state index contributed by atoms with van der Waals surface area (Å²) in [5, 5.41) is 9.37. The molecule has 1 saturated heterocycles. The predicted octanol–water partition coefficient (Wildman–Crippen LogP) is -1.03. The number of carbonyl (C=O) groups is 1. The van der Waals surface area contributed by atoms with Gasteiger partial charge in [0, 0.05) is 6.54 Å². The Morgan fingerprint density at radius 2 is 2.08 bits per heavy atom. The molecule has 76 valence electrons. The number of aliphatic hydroxyl groups is 1. The number of nitrogens with zero attached hydrogens (tertiary/aromatic N) is 1. The maximum atomic E-state index is 11.2. The molecule has 0 saturated carbocycles. The van der Waals surface area contributed by atoms with Gasteiger partial charge < -0.3 is 5.11 Å². The van der Waals surface area contributed by atoms with E-state index in [9.17, 15) is 18.3 Å². The molecule has 1 aliphatic heterocycles. The van der Waals surface area contributed by atoms with E-state index in [2.05, 4.69) is 0 Å². The molecule has 1 N–H and O–H groups in total. The number of carbonyl (C=O) groups excluding carboxylic acids is 1.